The van der Waals surface area contributed by atoms with Crippen LogP contribution in [0.15, 0.2) is 12.7 Å². The lowest BCUT2D eigenvalue weighted by atomic mass is 9.99. The Bertz CT molecular complexity index is 1130. The average Bonchev–Trinajstić information content (AvgIpc) is 3.63. The lowest BCUT2D eigenvalue weighted by Crippen LogP contribution is -2.40. The number of ketones is 1. The first-order valence-corrected chi connectivity index (χ1v) is 16.9. The Morgan fingerprint density at radius 1 is 0.977 bits per heavy atom. The molecule has 12 nitrogen and oxygen atoms in total. The Balaban J connectivity index is 1.40. The number of unbranched alkanes of at least 4 members (excludes halogenated alkanes) is 13. The molecule has 1 fully saturated rings. The average molecular weight is 618 g/mol. The summed E-state index contributed by atoms with van der Waals surface area (Å²) < 4.78 is 7.58. The second-order valence-corrected chi connectivity index (χ2v) is 12.2. The molecule has 3 heterocycles. The smallest absolute Gasteiger partial charge is 0.242 e. The van der Waals surface area contributed by atoms with E-state index in [0.717, 1.165) is 25.7 Å². The van der Waals surface area contributed by atoms with Gasteiger partial charge in [-0.15, -0.1) is 0 Å². The fraction of sp³-hybridized carbons (Fsp3) is 0.781. The van der Waals surface area contributed by atoms with Crippen molar-refractivity contribution in [3.05, 3.63) is 12.7 Å². The van der Waals surface area contributed by atoms with Gasteiger partial charge >= 0.3 is 0 Å². The van der Waals surface area contributed by atoms with Crippen LogP contribution in [-0.4, -0.2) is 72.3 Å². The lowest BCUT2D eigenvalue weighted by Gasteiger charge is -2.20. The summed E-state index contributed by atoms with van der Waals surface area (Å²) in [5.41, 5.74) is 12.2. The molecule has 5 atom stereocenters. The number of anilines is 1. The molecule has 7 N–H and O–H groups in total. The Labute approximate surface area is 261 Å². The Morgan fingerprint density at radius 3 is 2.25 bits per heavy atom. The van der Waals surface area contributed by atoms with Gasteiger partial charge in [0.25, 0.3) is 0 Å². The van der Waals surface area contributed by atoms with E-state index in [1.54, 1.807) is 4.57 Å². The molecule has 0 radical (unpaired) electrons. The van der Waals surface area contributed by atoms with E-state index in [-0.39, 0.29) is 30.3 Å². The molecule has 44 heavy (non-hydrogen) atoms. The quantitative estimate of drug-likeness (QED) is 0.112. The largest absolute Gasteiger partial charge is 0.390 e. The molecule has 1 aliphatic rings. The maximum Gasteiger partial charge on any atom is 0.242 e. The van der Waals surface area contributed by atoms with Crippen LogP contribution in [0.2, 0.25) is 0 Å². The highest BCUT2D eigenvalue weighted by atomic mass is 16.5. The van der Waals surface area contributed by atoms with Gasteiger partial charge in [0, 0.05) is 12.8 Å². The first-order chi connectivity index (χ1) is 21.4. The third-order valence-corrected chi connectivity index (χ3v) is 8.52. The summed E-state index contributed by atoms with van der Waals surface area (Å²) in [5, 5.41) is 24.1. The fourth-order valence-corrected chi connectivity index (χ4v) is 5.78. The molecule has 2 aromatic rings. The molecule has 0 aliphatic carbocycles. The number of carbonyl (C=O) groups is 2. The van der Waals surface area contributed by atoms with Gasteiger partial charge in [-0.05, 0) is 25.8 Å². The van der Waals surface area contributed by atoms with Crippen molar-refractivity contribution in [2.75, 3.05) is 11.9 Å². The van der Waals surface area contributed by atoms with Crippen molar-refractivity contribution in [2.45, 2.75) is 153 Å². The number of carbonyl (C=O) groups excluding carboxylic acids is 2. The summed E-state index contributed by atoms with van der Waals surface area (Å²) in [7, 11) is 0. The zero-order valence-electron chi connectivity index (χ0n) is 26.5. The van der Waals surface area contributed by atoms with Crippen LogP contribution in [0.5, 0.6) is 0 Å². The van der Waals surface area contributed by atoms with Gasteiger partial charge in [0.05, 0.1) is 18.5 Å². The number of aliphatic hydroxyl groups is 2. The number of hydrogen-bond acceptors (Lipinski definition) is 10. The van der Waals surface area contributed by atoms with Crippen LogP contribution in [0.3, 0.4) is 0 Å². The van der Waals surface area contributed by atoms with Gasteiger partial charge in [-0.25, -0.2) is 15.0 Å². The summed E-state index contributed by atoms with van der Waals surface area (Å²) in [6.45, 7) is 2.79. The highest BCUT2D eigenvalue weighted by Crippen LogP contribution is 2.33. The van der Waals surface area contributed by atoms with Gasteiger partial charge in [-0.3, -0.25) is 14.2 Å². The fourth-order valence-electron chi connectivity index (χ4n) is 5.78. The van der Waals surface area contributed by atoms with Crippen LogP contribution in [0.1, 0.15) is 129 Å². The van der Waals surface area contributed by atoms with E-state index in [1.807, 2.05) is 0 Å². The topological polar surface area (TPSA) is 191 Å². The van der Waals surface area contributed by atoms with Crippen molar-refractivity contribution in [3.8, 4) is 0 Å². The second-order valence-electron chi connectivity index (χ2n) is 12.2. The molecular weight excluding hydrogens is 562 g/mol. The monoisotopic (exact) mass is 617 g/mol. The minimum Gasteiger partial charge on any atom is -0.390 e. The van der Waals surface area contributed by atoms with Crippen molar-refractivity contribution in [1.82, 2.24) is 19.5 Å². The molecule has 0 spiro atoms. The normalized spacial score (nSPS) is 19.8. The summed E-state index contributed by atoms with van der Waals surface area (Å²) in [5.74, 6) is -0.478. The zero-order valence-corrected chi connectivity index (χ0v) is 26.5. The van der Waals surface area contributed by atoms with Gasteiger partial charge in [-0.2, -0.15) is 0 Å². The number of ether oxygens (including phenoxy) is 1. The van der Waals surface area contributed by atoms with E-state index < -0.39 is 30.6 Å². The first kappa shape index (κ1) is 36.0. The number of nitrogens with one attached hydrogen (secondary N) is 1. The molecule has 1 amide bonds. The number of aliphatic hydroxyl groups excluding tert-OH is 2. The number of rotatable bonds is 23. The van der Waals surface area contributed by atoms with E-state index in [1.165, 1.54) is 76.9 Å². The highest BCUT2D eigenvalue weighted by molar-refractivity contribution is 5.99. The summed E-state index contributed by atoms with van der Waals surface area (Å²) in [6, 6.07) is -0.707. The maximum absolute atomic E-state index is 12.7. The standard InChI is InChI=1S/C32H55N7O5/c1-2-3-4-5-6-7-8-9-10-11-12-13-14-18-24(40)28(42)29-25(41)20-26(44-29)39-22-37-27-30(35-21-36-31(27)39)38-32(43)23(34)17-15-16-19-33/h21-23,25-26,28-29,41-42H,2-20,33-34H2,1H3,(H,35,36,38,43)/t23-,25-,26+,28?,29-/m0/s1. The molecule has 0 aromatic carbocycles. The molecule has 248 valence electrons. The van der Waals surface area contributed by atoms with Crippen molar-refractivity contribution in [3.63, 3.8) is 0 Å². The molecule has 1 saturated heterocycles. The number of nitrogens with two attached hydrogens (primary N) is 2. The molecule has 1 unspecified atom stereocenters. The van der Waals surface area contributed by atoms with Crippen LogP contribution < -0.4 is 16.8 Å². The summed E-state index contributed by atoms with van der Waals surface area (Å²) >= 11 is 0. The molecule has 0 saturated carbocycles. The van der Waals surface area contributed by atoms with E-state index in [0.29, 0.717) is 30.6 Å². The minimum absolute atomic E-state index is 0.150. The van der Waals surface area contributed by atoms with Crippen molar-refractivity contribution in [2.24, 2.45) is 11.5 Å². The molecule has 1 aliphatic heterocycles. The molecular formula is C32H55N7O5. The van der Waals surface area contributed by atoms with Crippen LogP contribution >= 0.6 is 0 Å². The summed E-state index contributed by atoms with van der Waals surface area (Å²) in [6.07, 6.45) is 16.9. The first-order valence-electron chi connectivity index (χ1n) is 16.9. The third-order valence-electron chi connectivity index (χ3n) is 8.52. The van der Waals surface area contributed by atoms with Crippen LogP contribution in [0.4, 0.5) is 5.82 Å². The zero-order chi connectivity index (χ0) is 31.7. The van der Waals surface area contributed by atoms with Gasteiger partial charge in [-0.1, -0.05) is 90.4 Å². The number of hydrogen-bond donors (Lipinski definition) is 5. The van der Waals surface area contributed by atoms with E-state index >= 15 is 0 Å². The highest BCUT2D eigenvalue weighted by Gasteiger charge is 2.42. The maximum atomic E-state index is 12.7. The summed E-state index contributed by atoms with van der Waals surface area (Å²) in [4.78, 5) is 38.1. The van der Waals surface area contributed by atoms with Gasteiger partial charge < -0.3 is 31.7 Å². The van der Waals surface area contributed by atoms with E-state index in [4.69, 9.17) is 16.2 Å². The van der Waals surface area contributed by atoms with Gasteiger partial charge in [0.1, 0.15) is 24.8 Å². The minimum atomic E-state index is -1.41. The third kappa shape index (κ3) is 11.1. The number of imidazole rings is 1. The van der Waals surface area contributed by atoms with Gasteiger partial charge in [0.2, 0.25) is 5.91 Å². The SMILES string of the molecule is CCCCCCCCCCCCCCCC(=O)C(O)[C@H]1O[C@@H](n2cnc3c(NC(=O)[C@@H](N)CCCCN)ncnc32)C[C@@H]1O. The van der Waals surface area contributed by atoms with Crippen LogP contribution in [0.25, 0.3) is 11.2 Å². The Morgan fingerprint density at radius 2 is 1.61 bits per heavy atom. The number of fused-ring (bicyclic) bond motifs is 1. The van der Waals surface area contributed by atoms with E-state index in [2.05, 4.69) is 27.2 Å². The predicted molar refractivity (Wildman–Crippen MR) is 171 cm³/mol. The number of Topliss-reactive ketones (excluding diaryl/α,β-unsaturated/α-hetero) is 1. The number of nitrogens with zero attached hydrogens (tertiary/aromatic N) is 4. The molecule has 0 bridgehead atoms. The lowest BCUT2D eigenvalue weighted by molar-refractivity contribution is -0.141. The van der Waals surface area contributed by atoms with Crippen molar-refractivity contribution in [1.29, 1.82) is 0 Å². The number of amides is 1. The molecule has 12 heteroatoms. The predicted octanol–water partition coefficient (Wildman–Crippen LogP) is 4.28. The van der Waals surface area contributed by atoms with Crippen molar-refractivity contribution < 1.29 is 24.5 Å². The van der Waals surface area contributed by atoms with Crippen LogP contribution in [-0.2, 0) is 14.3 Å². The molecule has 2 aromatic heterocycles. The second kappa shape index (κ2) is 19.8. The Kier molecular flexibility index (Phi) is 16.2. The van der Waals surface area contributed by atoms with Crippen molar-refractivity contribution >= 4 is 28.7 Å². The number of aromatic nitrogens is 4. The Hall–Kier alpha value is -2.51. The van der Waals surface area contributed by atoms with E-state index in [9.17, 15) is 19.8 Å². The van der Waals surface area contributed by atoms with Crippen LogP contribution in [0, 0.1) is 0 Å². The molecule has 3 rings (SSSR count). The van der Waals surface area contributed by atoms with Gasteiger partial charge in [0.15, 0.2) is 22.8 Å².